The van der Waals surface area contributed by atoms with Gasteiger partial charge in [0, 0.05) is 6.54 Å². The number of fused-ring (bicyclic) bond motifs is 1. The third-order valence-electron chi connectivity index (χ3n) is 4.15. The summed E-state index contributed by atoms with van der Waals surface area (Å²) in [4.78, 5) is 25.5. The van der Waals surface area contributed by atoms with Crippen LogP contribution < -0.4 is 5.32 Å². The average molecular weight is 274 g/mol. The molecule has 0 spiro atoms. The minimum Gasteiger partial charge on any atom is -0.445 e. The second-order valence-electron chi connectivity index (χ2n) is 5.42. The molecule has 3 rings (SSSR count). The molecule has 0 aliphatic carbocycles. The molecule has 5 nitrogen and oxygen atoms in total. The SMILES string of the molecule is C[C@@H]1C(=O)N[C@H]2CCN(C(=O)OCc3ccccc3)[C@@H]21. The Balaban J connectivity index is 1.62. The summed E-state index contributed by atoms with van der Waals surface area (Å²) in [5.74, 6) is -0.132. The predicted molar refractivity (Wildman–Crippen MR) is 72.8 cm³/mol. The number of likely N-dealkylation sites (tertiary alicyclic amines) is 1. The van der Waals surface area contributed by atoms with E-state index in [4.69, 9.17) is 4.74 Å². The fourth-order valence-electron chi connectivity index (χ4n) is 3.08. The molecule has 2 heterocycles. The number of nitrogens with one attached hydrogen (secondary N) is 1. The molecule has 2 aliphatic heterocycles. The van der Waals surface area contributed by atoms with Crippen LogP contribution in [0.5, 0.6) is 0 Å². The van der Waals surface area contributed by atoms with Gasteiger partial charge in [-0.15, -0.1) is 0 Å². The number of ether oxygens (including phenoxy) is 1. The van der Waals surface area contributed by atoms with E-state index in [0.717, 1.165) is 12.0 Å². The topological polar surface area (TPSA) is 58.6 Å². The van der Waals surface area contributed by atoms with E-state index >= 15 is 0 Å². The van der Waals surface area contributed by atoms with Crippen molar-refractivity contribution in [3.8, 4) is 0 Å². The van der Waals surface area contributed by atoms with Crippen LogP contribution in [0.4, 0.5) is 4.79 Å². The molecule has 0 radical (unpaired) electrons. The number of benzene rings is 1. The maximum Gasteiger partial charge on any atom is 0.410 e. The molecule has 0 bridgehead atoms. The summed E-state index contributed by atoms with van der Waals surface area (Å²) in [7, 11) is 0. The Kier molecular flexibility index (Phi) is 3.34. The Labute approximate surface area is 117 Å². The number of rotatable bonds is 2. The average Bonchev–Trinajstić information content (AvgIpc) is 2.99. The molecule has 2 saturated heterocycles. The third-order valence-corrected chi connectivity index (χ3v) is 4.15. The van der Waals surface area contributed by atoms with E-state index in [1.54, 1.807) is 4.90 Å². The molecule has 3 atom stereocenters. The number of hydrogen-bond donors (Lipinski definition) is 1. The number of carbonyl (C=O) groups is 2. The van der Waals surface area contributed by atoms with Crippen LogP contribution in [-0.2, 0) is 16.1 Å². The van der Waals surface area contributed by atoms with Crippen LogP contribution in [0.2, 0.25) is 0 Å². The maximum atomic E-state index is 12.2. The second-order valence-corrected chi connectivity index (χ2v) is 5.42. The largest absolute Gasteiger partial charge is 0.445 e. The first kappa shape index (κ1) is 13.0. The summed E-state index contributed by atoms with van der Waals surface area (Å²) >= 11 is 0. The van der Waals surface area contributed by atoms with Gasteiger partial charge in [-0.05, 0) is 12.0 Å². The summed E-state index contributed by atoms with van der Waals surface area (Å²) in [6.07, 6.45) is 0.478. The summed E-state index contributed by atoms with van der Waals surface area (Å²) in [5.41, 5.74) is 0.963. The molecule has 0 aromatic heterocycles. The highest BCUT2D eigenvalue weighted by atomic mass is 16.6. The van der Waals surface area contributed by atoms with Crippen LogP contribution in [0.3, 0.4) is 0 Å². The van der Waals surface area contributed by atoms with Crippen molar-refractivity contribution in [1.29, 1.82) is 0 Å². The van der Waals surface area contributed by atoms with Crippen LogP contribution >= 0.6 is 0 Å². The Bertz CT molecular complexity index is 517. The molecule has 2 aliphatic rings. The quantitative estimate of drug-likeness (QED) is 0.889. The molecule has 1 aromatic rings. The molecule has 0 saturated carbocycles. The molecular formula is C15H18N2O3. The molecule has 106 valence electrons. The Morgan fingerprint density at radius 3 is 2.90 bits per heavy atom. The van der Waals surface area contributed by atoms with Gasteiger partial charge in [-0.1, -0.05) is 37.3 Å². The predicted octanol–water partition coefficient (Wildman–Crippen LogP) is 1.53. The van der Waals surface area contributed by atoms with Gasteiger partial charge in [0.1, 0.15) is 6.61 Å². The second kappa shape index (κ2) is 5.15. The molecule has 2 amide bonds. The highest BCUT2D eigenvalue weighted by Gasteiger charge is 2.48. The zero-order valence-corrected chi connectivity index (χ0v) is 11.4. The molecule has 20 heavy (non-hydrogen) atoms. The van der Waals surface area contributed by atoms with E-state index in [2.05, 4.69) is 5.32 Å². The summed E-state index contributed by atoms with van der Waals surface area (Å²) in [6, 6.07) is 9.61. The van der Waals surface area contributed by atoms with E-state index in [0.29, 0.717) is 6.54 Å². The third kappa shape index (κ3) is 2.24. The fraction of sp³-hybridized carbons (Fsp3) is 0.467. The van der Waals surface area contributed by atoms with Crippen molar-refractivity contribution in [1.82, 2.24) is 10.2 Å². The zero-order valence-electron chi connectivity index (χ0n) is 11.4. The van der Waals surface area contributed by atoms with Gasteiger partial charge in [0.05, 0.1) is 18.0 Å². The number of nitrogens with zero attached hydrogens (tertiary/aromatic N) is 1. The monoisotopic (exact) mass is 274 g/mol. The van der Waals surface area contributed by atoms with Crippen molar-refractivity contribution >= 4 is 12.0 Å². The lowest BCUT2D eigenvalue weighted by Gasteiger charge is -2.24. The van der Waals surface area contributed by atoms with Crippen molar-refractivity contribution in [2.45, 2.75) is 32.0 Å². The van der Waals surface area contributed by atoms with Crippen molar-refractivity contribution < 1.29 is 14.3 Å². The summed E-state index contributed by atoms with van der Waals surface area (Å²) in [6.45, 7) is 2.78. The molecular weight excluding hydrogens is 256 g/mol. The molecule has 1 N–H and O–H groups in total. The van der Waals surface area contributed by atoms with Crippen LogP contribution in [0, 0.1) is 5.92 Å². The maximum absolute atomic E-state index is 12.2. The van der Waals surface area contributed by atoms with E-state index in [1.807, 2.05) is 37.3 Å². The van der Waals surface area contributed by atoms with Crippen molar-refractivity contribution in [2.24, 2.45) is 5.92 Å². The lowest BCUT2D eigenvalue weighted by Crippen LogP contribution is -2.41. The first-order chi connectivity index (χ1) is 9.66. The minimum absolute atomic E-state index is 0.0283. The van der Waals surface area contributed by atoms with Crippen molar-refractivity contribution in [3.63, 3.8) is 0 Å². The van der Waals surface area contributed by atoms with Gasteiger partial charge in [0.15, 0.2) is 0 Å². The Hall–Kier alpha value is -2.04. The fourth-order valence-corrected chi connectivity index (χ4v) is 3.08. The first-order valence-electron chi connectivity index (χ1n) is 6.94. The standard InChI is InChI=1S/C15H18N2O3/c1-10-13-12(16-14(10)18)7-8-17(13)15(19)20-9-11-5-3-2-4-6-11/h2-6,10,12-13H,7-9H2,1H3,(H,16,18)/t10-,12-,13+/m0/s1. The van der Waals surface area contributed by atoms with E-state index in [1.165, 1.54) is 0 Å². The highest BCUT2D eigenvalue weighted by Crippen LogP contribution is 2.30. The Morgan fingerprint density at radius 2 is 2.15 bits per heavy atom. The molecule has 1 aromatic carbocycles. The van der Waals surface area contributed by atoms with Gasteiger partial charge in [-0.2, -0.15) is 0 Å². The van der Waals surface area contributed by atoms with Gasteiger partial charge in [0.25, 0.3) is 0 Å². The molecule has 0 unspecified atom stereocenters. The van der Waals surface area contributed by atoms with Crippen molar-refractivity contribution in [2.75, 3.05) is 6.54 Å². The summed E-state index contributed by atoms with van der Waals surface area (Å²) < 4.78 is 5.35. The molecule has 5 heteroatoms. The van der Waals surface area contributed by atoms with E-state index in [-0.39, 0.29) is 36.6 Å². The van der Waals surface area contributed by atoms with E-state index in [9.17, 15) is 9.59 Å². The van der Waals surface area contributed by atoms with Gasteiger partial charge in [-0.25, -0.2) is 4.79 Å². The van der Waals surface area contributed by atoms with Crippen LogP contribution in [0.1, 0.15) is 18.9 Å². The number of hydrogen-bond acceptors (Lipinski definition) is 3. The Morgan fingerprint density at radius 1 is 1.40 bits per heavy atom. The van der Waals surface area contributed by atoms with Gasteiger partial charge >= 0.3 is 6.09 Å². The smallest absolute Gasteiger partial charge is 0.410 e. The summed E-state index contributed by atoms with van der Waals surface area (Å²) in [5, 5.41) is 2.94. The van der Waals surface area contributed by atoms with Gasteiger partial charge < -0.3 is 15.0 Å². The zero-order chi connectivity index (χ0) is 14.1. The van der Waals surface area contributed by atoms with Gasteiger partial charge in [0.2, 0.25) is 5.91 Å². The number of carbonyl (C=O) groups excluding carboxylic acids is 2. The first-order valence-corrected chi connectivity index (χ1v) is 6.94. The normalized spacial score (nSPS) is 28.1. The van der Waals surface area contributed by atoms with Gasteiger partial charge in [-0.3, -0.25) is 4.79 Å². The van der Waals surface area contributed by atoms with Crippen LogP contribution in [0.15, 0.2) is 30.3 Å². The van der Waals surface area contributed by atoms with Crippen LogP contribution in [0.25, 0.3) is 0 Å². The lowest BCUT2D eigenvalue weighted by atomic mass is 10.0. The van der Waals surface area contributed by atoms with Crippen molar-refractivity contribution in [3.05, 3.63) is 35.9 Å². The van der Waals surface area contributed by atoms with Crippen LogP contribution in [-0.4, -0.2) is 35.5 Å². The van der Waals surface area contributed by atoms with E-state index < -0.39 is 0 Å². The minimum atomic E-state index is -0.329. The lowest BCUT2D eigenvalue weighted by molar-refractivity contribution is -0.122. The number of amides is 2. The molecule has 2 fully saturated rings. The highest BCUT2D eigenvalue weighted by molar-refractivity contribution is 5.84.